The van der Waals surface area contributed by atoms with Crippen LogP contribution in [0.4, 0.5) is 10.5 Å². The molecule has 144 valence electrons. The summed E-state index contributed by atoms with van der Waals surface area (Å²) in [5, 5.41) is 0. The van der Waals surface area contributed by atoms with E-state index in [0.717, 1.165) is 17.5 Å². The van der Waals surface area contributed by atoms with Crippen molar-refractivity contribution in [1.82, 2.24) is 0 Å². The number of allylic oxidation sites excluding steroid dienone is 2. The van der Waals surface area contributed by atoms with Crippen molar-refractivity contribution >= 4 is 23.1 Å². The smallest absolute Gasteiger partial charge is 0.414 e. The molecular formula is C23H29NO3. The lowest BCUT2D eigenvalue weighted by Crippen LogP contribution is -2.24. The summed E-state index contributed by atoms with van der Waals surface area (Å²) < 4.78 is 5.44. The molecule has 2 unspecified atom stereocenters. The van der Waals surface area contributed by atoms with E-state index in [1.807, 2.05) is 6.07 Å². The molecule has 3 atom stereocenters. The van der Waals surface area contributed by atoms with Crippen LogP contribution in [0.3, 0.4) is 0 Å². The number of hydrogen-bond acceptors (Lipinski definition) is 3. The number of nitrogens with zero attached hydrogens (tertiary/aromatic N) is 1. The number of anilines is 1. The number of ketones is 1. The van der Waals surface area contributed by atoms with Gasteiger partial charge in [0, 0.05) is 12.1 Å². The molecule has 4 rings (SSSR count). The van der Waals surface area contributed by atoms with E-state index < -0.39 is 0 Å². The first-order chi connectivity index (χ1) is 13.0. The van der Waals surface area contributed by atoms with E-state index in [-0.39, 0.29) is 18.0 Å². The van der Waals surface area contributed by atoms with Crippen molar-refractivity contribution < 1.29 is 14.3 Å². The number of cyclic esters (lactones) is 1. The Morgan fingerprint density at radius 1 is 1.26 bits per heavy atom. The minimum absolute atomic E-state index is 0.134. The fourth-order valence-corrected chi connectivity index (χ4v) is 4.97. The number of benzene rings is 1. The Labute approximate surface area is 161 Å². The second kappa shape index (κ2) is 7.49. The highest BCUT2D eigenvalue weighted by Crippen LogP contribution is 2.44. The molecule has 4 heteroatoms. The summed E-state index contributed by atoms with van der Waals surface area (Å²) in [7, 11) is 0. The van der Waals surface area contributed by atoms with E-state index in [1.54, 1.807) is 11.8 Å². The van der Waals surface area contributed by atoms with Crippen LogP contribution < -0.4 is 4.90 Å². The Bertz CT molecular complexity index is 782. The van der Waals surface area contributed by atoms with Crippen molar-refractivity contribution in [3.05, 3.63) is 35.4 Å². The van der Waals surface area contributed by atoms with Crippen molar-refractivity contribution in [2.45, 2.75) is 64.9 Å². The Morgan fingerprint density at radius 2 is 2.11 bits per heavy atom. The van der Waals surface area contributed by atoms with Gasteiger partial charge in [0.1, 0.15) is 11.9 Å². The van der Waals surface area contributed by atoms with Crippen LogP contribution in [0.1, 0.15) is 63.0 Å². The zero-order valence-corrected chi connectivity index (χ0v) is 16.4. The van der Waals surface area contributed by atoms with Crippen LogP contribution in [0.25, 0.3) is 5.57 Å². The molecular weight excluding hydrogens is 338 g/mol. The van der Waals surface area contributed by atoms with Crippen molar-refractivity contribution in [3.63, 3.8) is 0 Å². The number of Topliss-reactive ketones (excluding diaryl/α,β-unsaturated/α-hetero) is 1. The molecule has 0 bridgehead atoms. The number of aryl methyl sites for hydroxylation is 1. The zero-order valence-electron chi connectivity index (χ0n) is 16.4. The lowest BCUT2D eigenvalue weighted by Gasteiger charge is -2.26. The maximum absolute atomic E-state index is 12.3. The van der Waals surface area contributed by atoms with Gasteiger partial charge in [0.25, 0.3) is 0 Å². The predicted molar refractivity (Wildman–Crippen MR) is 107 cm³/mol. The monoisotopic (exact) mass is 367 g/mol. The highest BCUT2D eigenvalue weighted by molar-refractivity contribution is 5.90. The van der Waals surface area contributed by atoms with Gasteiger partial charge in [-0.25, -0.2) is 4.79 Å². The van der Waals surface area contributed by atoms with Crippen LogP contribution in [0.2, 0.25) is 0 Å². The molecule has 1 saturated carbocycles. The SMILES string of the molecule is CC(=O)CC[C@H]1CN(c2ccc(C3=CC4CCCC4CC3)c(C)c2)C(=O)O1. The zero-order chi connectivity index (χ0) is 19.0. The number of hydrogen-bond donors (Lipinski definition) is 0. The lowest BCUT2D eigenvalue weighted by atomic mass is 9.80. The van der Waals surface area contributed by atoms with E-state index in [9.17, 15) is 9.59 Å². The number of rotatable bonds is 5. The van der Waals surface area contributed by atoms with Gasteiger partial charge in [0.15, 0.2) is 0 Å². The standard InChI is InChI=1S/C23H29NO3/c1-15-12-20(24-14-21(27-23(24)26)10-6-16(2)25)9-11-22(15)19-8-7-17-4-3-5-18(17)13-19/h9,11-13,17-18,21H,3-8,10,14H2,1-2H3/t17?,18?,21-/m0/s1. The van der Waals surface area contributed by atoms with Crippen molar-refractivity contribution in [3.8, 4) is 0 Å². The maximum Gasteiger partial charge on any atom is 0.414 e. The van der Waals surface area contributed by atoms with Crippen molar-refractivity contribution in [2.75, 3.05) is 11.4 Å². The molecule has 0 N–H and O–H groups in total. The third-order valence-corrected chi connectivity index (χ3v) is 6.48. The fourth-order valence-electron chi connectivity index (χ4n) is 4.97. The first-order valence-electron chi connectivity index (χ1n) is 10.3. The van der Waals surface area contributed by atoms with Crippen LogP contribution >= 0.6 is 0 Å². The molecule has 27 heavy (non-hydrogen) atoms. The average molecular weight is 367 g/mol. The average Bonchev–Trinajstić information content (AvgIpc) is 3.25. The predicted octanol–water partition coefficient (Wildman–Crippen LogP) is 5.28. The summed E-state index contributed by atoms with van der Waals surface area (Å²) in [6.45, 7) is 4.23. The molecule has 4 nitrogen and oxygen atoms in total. The molecule has 3 aliphatic rings. The largest absolute Gasteiger partial charge is 0.444 e. The van der Waals surface area contributed by atoms with Crippen molar-refractivity contribution in [2.24, 2.45) is 11.8 Å². The third kappa shape index (κ3) is 3.80. The van der Waals surface area contributed by atoms with E-state index in [2.05, 4.69) is 25.1 Å². The summed E-state index contributed by atoms with van der Waals surface area (Å²) in [4.78, 5) is 25.1. The minimum atomic E-state index is -0.304. The van der Waals surface area contributed by atoms with Crippen LogP contribution in [0, 0.1) is 18.8 Å². The number of fused-ring (bicyclic) bond motifs is 1. The Morgan fingerprint density at radius 3 is 2.89 bits per heavy atom. The summed E-state index contributed by atoms with van der Waals surface area (Å²) in [6, 6.07) is 6.31. The van der Waals surface area contributed by atoms with Gasteiger partial charge in [-0.05, 0) is 86.6 Å². The van der Waals surface area contributed by atoms with Crippen LogP contribution in [0.15, 0.2) is 24.3 Å². The van der Waals surface area contributed by atoms with Crippen LogP contribution in [-0.4, -0.2) is 24.5 Å². The van der Waals surface area contributed by atoms with E-state index >= 15 is 0 Å². The van der Waals surface area contributed by atoms with Crippen LogP contribution in [0.5, 0.6) is 0 Å². The highest BCUT2D eigenvalue weighted by Gasteiger charge is 2.33. The highest BCUT2D eigenvalue weighted by atomic mass is 16.6. The van der Waals surface area contributed by atoms with Gasteiger partial charge in [-0.1, -0.05) is 18.6 Å². The van der Waals surface area contributed by atoms with Crippen LogP contribution in [-0.2, 0) is 9.53 Å². The van der Waals surface area contributed by atoms with Gasteiger partial charge in [0.05, 0.1) is 6.54 Å². The Balaban J connectivity index is 1.49. The molecule has 1 amide bonds. The van der Waals surface area contributed by atoms with Crippen molar-refractivity contribution in [1.29, 1.82) is 0 Å². The minimum Gasteiger partial charge on any atom is -0.444 e. The summed E-state index contributed by atoms with van der Waals surface area (Å²) in [5.74, 6) is 1.80. The molecule has 0 radical (unpaired) electrons. The third-order valence-electron chi connectivity index (χ3n) is 6.48. The maximum atomic E-state index is 12.3. The molecule has 1 aromatic rings. The van der Waals surface area contributed by atoms with Gasteiger partial charge in [-0.3, -0.25) is 4.90 Å². The number of amides is 1. The molecule has 0 spiro atoms. The Hall–Kier alpha value is -2.10. The van der Waals surface area contributed by atoms with Gasteiger partial charge < -0.3 is 9.53 Å². The van der Waals surface area contributed by atoms with E-state index in [4.69, 9.17) is 4.74 Å². The van der Waals surface area contributed by atoms with E-state index in [0.29, 0.717) is 19.4 Å². The summed E-state index contributed by atoms with van der Waals surface area (Å²) in [6.07, 6.45) is 9.67. The Kier molecular flexibility index (Phi) is 5.07. The number of ether oxygens (including phenoxy) is 1. The quantitative estimate of drug-likeness (QED) is 0.711. The van der Waals surface area contributed by atoms with Gasteiger partial charge >= 0.3 is 6.09 Å². The van der Waals surface area contributed by atoms with E-state index in [1.165, 1.54) is 48.8 Å². The van der Waals surface area contributed by atoms with Gasteiger partial charge in [-0.15, -0.1) is 0 Å². The van der Waals surface area contributed by atoms with Gasteiger partial charge in [-0.2, -0.15) is 0 Å². The number of carbonyl (C=O) groups is 2. The second-order valence-electron chi connectivity index (χ2n) is 8.44. The molecule has 1 aliphatic heterocycles. The fraction of sp³-hybridized carbons (Fsp3) is 0.565. The normalized spacial score (nSPS) is 27.3. The molecule has 2 aliphatic carbocycles. The molecule has 0 aromatic heterocycles. The van der Waals surface area contributed by atoms with Gasteiger partial charge in [0.2, 0.25) is 0 Å². The summed E-state index contributed by atoms with van der Waals surface area (Å²) >= 11 is 0. The first kappa shape index (κ1) is 18.3. The second-order valence-corrected chi connectivity index (χ2v) is 8.44. The topological polar surface area (TPSA) is 46.6 Å². The molecule has 1 aromatic carbocycles. The number of carbonyl (C=O) groups excluding carboxylic acids is 2. The molecule has 2 fully saturated rings. The summed E-state index contributed by atoms with van der Waals surface area (Å²) in [5.41, 5.74) is 4.91. The lowest BCUT2D eigenvalue weighted by molar-refractivity contribution is -0.117. The molecule has 1 heterocycles. The molecule has 1 saturated heterocycles. The first-order valence-corrected chi connectivity index (χ1v) is 10.3.